The molecule has 0 saturated carbocycles. The molecule has 1 atom stereocenters. The van der Waals surface area contributed by atoms with E-state index in [-0.39, 0.29) is 0 Å². The molecule has 5 heteroatoms. The van der Waals surface area contributed by atoms with Crippen LogP contribution in [0.15, 0.2) is 17.0 Å². The quantitative estimate of drug-likeness (QED) is 0.555. The fourth-order valence-corrected chi connectivity index (χ4v) is 2.85. The average molecular weight is 316 g/mol. The standard InChI is InChI=1S/C15H25NO2S2/c1-11(19-4)6-7-16-10-12-8-13(17-2)14(18-3)9-15(12)20-5/h8-9,11,16H,6-7,10H2,1-5H3. The van der Waals surface area contributed by atoms with Crippen molar-refractivity contribution in [2.75, 3.05) is 33.3 Å². The van der Waals surface area contributed by atoms with Gasteiger partial charge in [-0.05, 0) is 43.2 Å². The highest BCUT2D eigenvalue weighted by Crippen LogP contribution is 2.34. The van der Waals surface area contributed by atoms with E-state index in [9.17, 15) is 0 Å². The van der Waals surface area contributed by atoms with Gasteiger partial charge in [-0.3, -0.25) is 0 Å². The molecule has 0 spiro atoms. The zero-order valence-electron chi connectivity index (χ0n) is 13.0. The molecule has 0 bridgehead atoms. The van der Waals surface area contributed by atoms with Crippen molar-refractivity contribution in [3.63, 3.8) is 0 Å². The molecule has 3 nitrogen and oxygen atoms in total. The molecule has 0 saturated heterocycles. The van der Waals surface area contributed by atoms with Gasteiger partial charge in [-0.2, -0.15) is 11.8 Å². The topological polar surface area (TPSA) is 30.5 Å². The number of benzene rings is 1. The second kappa shape index (κ2) is 9.42. The molecule has 0 fully saturated rings. The Labute approximate surface area is 131 Å². The van der Waals surface area contributed by atoms with Crippen LogP contribution in [0.1, 0.15) is 18.9 Å². The molecular formula is C15H25NO2S2. The lowest BCUT2D eigenvalue weighted by molar-refractivity contribution is 0.353. The summed E-state index contributed by atoms with van der Waals surface area (Å²) in [5.41, 5.74) is 1.26. The number of ether oxygens (including phenoxy) is 2. The molecule has 0 aliphatic carbocycles. The van der Waals surface area contributed by atoms with E-state index in [4.69, 9.17) is 9.47 Å². The van der Waals surface area contributed by atoms with Crippen molar-refractivity contribution < 1.29 is 9.47 Å². The van der Waals surface area contributed by atoms with Gasteiger partial charge in [-0.25, -0.2) is 0 Å². The van der Waals surface area contributed by atoms with E-state index >= 15 is 0 Å². The van der Waals surface area contributed by atoms with Crippen LogP contribution in [0.5, 0.6) is 11.5 Å². The summed E-state index contributed by atoms with van der Waals surface area (Å²) in [6, 6.07) is 4.11. The number of hydrogen-bond acceptors (Lipinski definition) is 5. The number of hydrogen-bond donors (Lipinski definition) is 1. The summed E-state index contributed by atoms with van der Waals surface area (Å²) < 4.78 is 10.7. The molecule has 114 valence electrons. The minimum absolute atomic E-state index is 0.702. The van der Waals surface area contributed by atoms with E-state index in [1.54, 1.807) is 26.0 Å². The van der Waals surface area contributed by atoms with Gasteiger partial charge in [-0.15, -0.1) is 11.8 Å². The molecule has 1 aromatic carbocycles. The minimum Gasteiger partial charge on any atom is -0.493 e. The SMILES string of the molecule is COc1cc(CNCCC(C)SC)c(SC)cc1OC. The van der Waals surface area contributed by atoms with Gasteiger partial charge in [0, 0.05) is 16.7 Å². The Balaban J connectivity index is 2.68. The van der Waals surface area contributed by atoms with Crippen molar-refractivity contribution in [1.82, 2.24) is 5.32 Å². The lowest BCUT2D eigenvalue weighted by Gasteiger charge is -2.15. The number of methoxy groups -OCH3 is 2. The zero-order valence-corrected chi connectivity index (χ0v) is 14.6. The van der Waals surface area contributed by atoms with Gasteiger partial charge in [0.15, 0.2) is 11.5 Å². The van der Waals surface area contributed by atoms with Gasteiger partial charge in [0.25, 0.3) is 0 Å². The van der Waals surface area contributed by atoms with Crippen LogP contribution in [-0.2, 0) is 6.54 Å². The fraction of sp³-hybridized carbons (Fsp3) is 0.600. The molecule has 20 heavy (non-hydrogen) atoms. The van der Waals surface area contributed by atoms with Crippen LogP contribution in [0, 0.1) is 0 Å². The third-order valence-corrected chi connectivity index (χ3v) is 5.09. The first kappa shape index (κ1) is 17.5. The van der Waals surface area contributed by atoms with Crippen molar-refractivity contribution in [3.05, 3.63) is 17.7 Å². The highest BCUT2D eigenvalue weighted by molar-refractivity contribution is 7.99. The maximum atomic E-state index is 5.37. The molecule has 0 aliphatic heterocycles. The van der Waals surface area contributed by atoms with Gasteiger partial charge in [0.1, 0.15) is 0 Å². The normalized spacial score (nSPS) is 12.2. The highest BCUT2D eigenvalue weighted by Gasteiger charge is 2.10. The third kappa shape index (κ3) is 5.11. The Hall–Kier alpha value is -0.520. The second-order valence-corrected chi connectivity index (χ2v) is 6.66. The Morgan fingerprint density at radius 1 is 1.15 bits per heavy atom. The molecular weight excluding hydrogens is 290 g/mol. The Morgan fingerprint density at radius 3 is 2.35 bits per heavy atom. The van der Waals surface area contributed by atoms with Gasteiger partial charge < -0.3 is 14.8 Å². The van der Waals surface area contributed by atoms with E-state index in [1.165, 1.54) is 16.9 Å². The second-order valence-electron chi connectivity index (χ2n) is 4.53. The number of thioether (sulfide) groups is 2. The zero-order chi connectivity index (χ0) is 15.0. The van der Waals surface area contributed by atoms with Crippen LogP contribution < -0.4 is 14.8 Å². The van der Waals surface area contributed by atoms with Gasteiger partial charge in [0.05, 0.1) is 14.2 Å². The molecule has 1 rings (SSSR count). The molecule has 0 radical (unpaired) electrons. The summed E-state index contributed by atoms with van der Waals surface area (Å²) in [5, 5.41) is 4.21. The lowest BCUT2D eigenvalue weighted by Crippen LogP contribution is -2.18. The van der Waals surface area contributed by atoms with Gasteiger partial charge in [-0.1, -0.05) is 6.92 Å². The van der Waals surface area contributed by atoms with Crippen molar-refractivity contribution in [2.45, 2.75) is 30.0 Å². The van der Waals surface area contributed by atoms with Crippen LogP contribution in [0.3, 0.4) is 0 Å². The lowest BCUT2D eigenvalue weighted by atomic mass is 10.2. The fourth-order valence-electron chi connectivity index (χ4n) is 1.88. The minimum atomic E-state index is 0.702. The predicted molar refractivity (Wildman–Crippen MR) is 90.6 cm³/mol. The third-order valence-electron chi connectivity index (χ3n) is 3.23. The summed E-state index contributed by atoms with van der Waals surface area (Å²) in [4.78, 5) is 1.23. The summed E-state index contributed by atoms with van der Waals surface area (Å²) >= 11 is 3.64. The Bertz CT molecular complexity index is 413. The summed E-state index contributed by atoms with van der Waals surface area (Å²) in [6.45, 7) is 4.15. The summed E-state index contributed by atoms with van der Waals surface area (Å²) in [5.74, 6) is 1.58. The van der Waals surface area contributed by atoms with Crippen LogP contribution in [-0.4, -0.2) is 38.5 Å². The molecule has 0 amide bonds. The van der Waals surface area contributed by atoms with E-state index in [2.05, 4.69) is 30.8 Å². The first-order valence-corrected chi connectivity index (χ1v) is 9.19. The average Bonchev–Trinajstić information content (AvgIpc) is 2.50. The van der Waals surface area contributed by atoms with E-state index in [0.717, 1.165) is 24.6 Å². The Kier molecular flexibility index (Phi) is 8.26. The molecule has 0 heterocycles. The summed E-state index contributed by atoms with van der Waals surface area (Å²) in [7, 11) is 3.34. The molecule has 0 aliphatic rings. The molecule has 1 aromatic rings. The van der Waals surface area contributed by atoms with Crippen molar-refractivity contribution >= 4 is 23.5 Å². The number of rotatable bonds is 9. The smallest absolute Gasteiger partial charge is 0.161 e. The van der Waals surface area contributed by atoms with Crippen molar-refractivity contribution in [2.24, 2.45) is 0 Å². The summed E-state index contributed by atoms with van der Waals surface area (Å²) in [6.07, 6.45) is 5.43. The molecule has 1 N–H and O–H groups in total. The van der Waals surface area contributed by atoms with E-state index in [1.807, 2.05) is 17.8 Å². The first-order valence-electron chi connectivity index (χ1n) is 6.68. The largest absolute Gasteiger partial charge is 0.493 e. The van der Waals surface area contributed by atoms with Crippen LogP contribution in [0.25, 0.3) is 0 Å². The Morgan fingerprint density at radius 2 is 1.80 bits per heavy atom. The monoisotopic (exact) mass is 315 g/mol. The molecule has 0 aromatic heterocycles. The first-order chi connectivity index (χ1) is 9.65. The van der Waals surface area contributed by atoms with E-state index in [0.29, 0.717) is 5.25 Å². The number of nitrogens with one attached hydrogen (secondary N) is 1. The van der Waals surface area contributed by atoms with Crippen LogP contribution >= 0.6 is 23.5 Å². The van der Waals surface area contributed by atoms with Crippen molar-refractivity contribution in [1.29, 1.82) is 0 Å². The predicted octanol–water partition coefficient (Wildman–Crippen LogP) is 3.66. The maximum absolute atomic E-state index is 5.37. The maximum Gasteiger partial charge on any atom is 0.161 e. The van der Waals surface area contributed by atoms with Crippen LogP contribution in [0.2, 0.25) is 0 Å². The molecule has 1 unspecified atom stereocenters. The van der Waals surface area contributed by atoms with E-state index < -0.39 is 0 Å². The van der Waals surface area contributed by atoms with Crippen LogP contribution in [0.4, 0.5) is 0 Å². The van der Waals surface area contributed by atoms with Crippen molar-refractivity contribution in [3.8, 4) is 11.5 Å². The highest BCUT2D eigenvalue weighted by atomic mass is 32.2. The van der Waals surface area contributed by atoms with Gasteiger partial charge in [0.2, 0.25) is 0 Å². The van der Waals surface area contributed by atoms with Gasteiger partial charge >= 0.3 is 0 Å².